The smallest absolute Gasteiger partial charge is 0.407 e. The Morgan fingerprint density at radius 3 is 1.88 bits per heavy atom. The van der Waals surface area contributed by atoms with Crippen LogP contribution in [0.5, 0.6) is 0 Å². The Morgan fingerprint density at radius 1 is 0.707 bits per heavy atom. The molecular formula is C29H45NO11. The second-order valence-corrected chi connectivity index (χ2v) is 9.65. The SMILES string of the molecule is CO[C@@H]1[C@@H](OC)[C@H](c2ccccc2)O[C@@H]2COC/C=C/COC[C@@H](OC)[C@@H](OC)[C@H](OC)[C@@H](OC)CNC(=O)O[C@@H]12. The summed E-state index contributed by atoms with van der Waals surface area (Å²) >= 11 is 0. The number of alkyl carbamates (subject to hydrolysis) is 1. The molecule has 12 nitrogen and oxygen atoms in total. The third kappa shape index (κ3) is 8.93. The number of carbonyl (C=O) groups excluding carboxylic acids is 1. The first-order valence-corrected chi connectivity index (χ1v) is 13.6. The van der Waals surface area contributed by atoms with Gasteiger partial charge in [-0.2, -0.15) is 0 Å². The summed E-state index contributed by atoms with van der Waals surface area (Å²) in [7, 11) is 9.34. The van der Waals surface area contributed by atoms with Crippen molar-refractivity contribution in [3.8, 4) is 0 Å². The molecule has 2 aliphatic heterocycles. The molecule has 232 valence electrons. The van der Waals surface area contributed by atoms with Crippen LogP contribution in [0.3, 0.4) is 0 Å². The normalized spacial score (nSPS) is 35.3. The monoisotopic (exact) mass is 583 g/mol. The number of amides is 1. The standard InChI is InChI=1S/C29H45NO11/c1-32-20-16-30-29(31)41-26-22(40-23(19-12-8-7-9-13-19)27(36-5)28(26)37-6)18-39-15-11-10-14-38-17-21(33-2)25(35-4)24(20)34-3/h7-13,20-28H,14-18H2,1-6H3,(H,30,31)/b11-10+/t20-,21+,22+,23-,24+,25+,26+,27-,28-/m0/s1. The van der Waals surface area contributed by atoms with Gasteiger partial charge in [-0.3, -0.25) is 0 Å². The molecule has 2 aliphatic rings. The molecule has 2 heterocycles. The number of nitrogens with one attached hydrogen (secondary N) is 1. The van der Waals surface area contributed by atoms with Crippen molar-refractivity contribution >= 4 is 6.09 Å². The number of fused-ring (bicyclic) bond motifs is 1. The molecule has 0 saturated carbocycles. The van der Waals surface area contributed by atoms with E-state index in [2.05, 4.69) is 5.32 Å². The summed E-state index contributed by atoms with van der Waals surface area (Å²) in [6.07, 6.45) is -2.30. The Hall–Kier alpha value is -2.13. The number of rotatable bonds is 7. The molecule has 1 saturated heterocycles. The highest BCUT2D eigenvalue weighted by molar-refractivity contribution is 5.67. The lowest BCUT2D eigenvalue weighted by molar-refractivity contribution is -0.246. The molecule has 1 aromatic carbocycles. The molecule has 0 spiro atoms. The first-order valence-electron chi connectivity index (χ1n) is 13.6. The average Bonchev–Trinajstić information content (AvgIpc) is 3.00. The molecule has 0 bridgehead atoms. The number of methoxy groups -OCH3 is 6. The predicted octanol–water partition coefficient (Wildman–Crippen LogP) is 1.91. The van der Waals surface area contributed by atoms with Gasteiger partial charge in [0.1, 0.15) is 48.8 Å². The van der Waals surface area contributed by atoms with E-state index in [4.69, 9.17) is 47.4 Å². The van der Waals surface area contributed by atoms with Crippen LogP contribution >= 0.6 is 0 Å². The van der Waals surface area contributed by atoms with E-state index in [1.165, 1.54) is 7.11 Å². The zero-order valence-corrected chi connectivity index (χ0v) is 24.8. The van der Waals surface area contributed by atoms with Crippen molar-refractivity contribution < 1.29 is 52.2 Å². The molecular weight excluding hydrogens is 538 g/mol. The lowest BCUT2D eigenvalue weighted by Gasteiger charge is -2.45. The summed E-state index contributed by atoms with van der Waals surface area (Å²) in [5.74, 6) is 0. The van der Waals surface area contributed by atoms with Crippen molar-refractivity contribution in [3.63, 3.8) is 0 Å². The molecule has 0 radical (unpaired) electrons. The molecule has 1 aromatic rings. The first kappa shape index (κ1) is 33.4. The number of benzene rings is 1. The van der Waals surface area contributed by atoms with Gasteiger partial charge in [-0.05, 0) is 5.56 Å². The van der Waals surface area contributed by atoms with Crippen LogP contribution in [0.15, 0.2) is 42.5 Å². The van der Waals surface area contributed by atoms with E-state index in [0.29, 0.717) is 13.2 Å². The second-order valence-electron chi connectivity index (χ2n) is 9.65. The molecule has 0 unspecified atom stereocenters. The Labute approximate surface area is 242 Å². The molecule has 9 atom stereocenters. The van der Waals surface area contributed by atoms with Crippen LogP contribution in [0.2, 0.25) is 0 Å². The summed E-state index contributed by atoms with van der Waals surface area (Å²) in [5, 5.41) is 2.79. The van der Waals surface area contributed by atoms with Crippen LogP contribution in [-0.2, 0) is 47.4 Å². The third-order valence-corrected chi connectivity index (χ3v) is 7.36. The molecule has 0 aliphatic carbocycles. The van der Waals surface area contributed by atoms with Crippen molar-refractivity contribution in [3.05, 3.63) is 48.0 Å². The van der Waals surface area contributed by atoms with Crippen molar-refractivity contribution in [2.24, 2.45) is 0 Å². The third-order valence-electron chi connectivity index (χ3n) is 7.36. The Morgan fingerprint density at radius 2 is 1.29 bits per heavy atom. The summed E-state index contributed by atoms with van der Waals surface area (Å²) < 4.78 is 58.6. The van der Waals surface area contributed by atoms with Gasteiger partial charge < -0.3 is 52.7 Å². The minimum absolute atomic E-state index is 0.0699. The van der Waals surface area contributed by atoms with Gasteiger partial charge in [-0.1, -0.05) is 42.5 Å². The maximum atomic E-state index is 13.2. The van der Waals surface area contributed by atoms with Crippen LogP contribution < -0.4 is 5.32 Å². The van der Waals surface area contributed by atoms with Crippen molar-refractivity contribution in [1.82, 2.24) is 5.32 Å². The van der Waals surface area contributed by atoms with E-state index in [-0.39, 0.29) is 19.8 Å². The van der Waals surface area contributed by atoms with Gasteiger partial charge >= 0.3 is 6.09 Å². The largest absolute Gasteiger partial charge is 0.440 e. The van der Waals surface area contributed by atoms with E-state index in [9.17, 15) is 4.79 Å². The van der Waals surface area contributed by atoms with E-state index < -0.39 is 61.0 Å². The van der Waals surface area contributed by atoms with Crippen LogP contribution in [0.4, 0.5) is 4.79 Å². The maximum absolute atomic E-state index is 13.2. The minimum Gasteiger partial charge on any atom is -0.440 e. The van der Waals surface area contributed by atoms with Crippen LogP contribution in [0.1, 0.15) is 11.7 Å². The Bertz CT molecular complexity index is 904. The van der Waals surface area contributed by atoms with E-state index in [1.807, 2.05) is 42.5 Å². The summed E-state index contributed by atoms with van der Waals surface area (Å²) in [4.78, 5) is 13.2. The van der Waals surface area contributed by atoms with Crippen molar-refractivity contribution in [2.75, 3.05) is 75.6 Å². The minimum atomic E-state index is -0.833. The summed E-state index contributed by atoms with van der Waals surface area (Å²) in [6, 6.07) is 9.71. The number of hydrogen-bond acceptors (Lipinski definition) is 11. The second kappa shape index (κ2) is 17.7. The van der Waals surface area contributed by atoms with E-state index >= 15 is 0 Å². The molecule has 41 heavy (non-hydrogen) atoms. The molecule has 1 N–H and O–H groups in total. The predicted molar refractivity (Wildman–Crippen MR) is 148 cm³/mol. The fraction of sp³-hybridized carbons (Fsp3) is 0.690. The first-order chi connectivity index (χ1) is 20.0. The number of hydrogen-bond donors (Lipinski definition) is 1. The van der Waals surface area contributed by atoms with Crippen LogP contribution in [0.25, 0.3) is 0 Å². The average molecular weight is 584 g/mol. The fourth-order valence-corrected chi connectivity index (χ4v) is 5.24. The quantitative estimate of drug-likeness (QED) is 0.474. The van der Waals surface area contributed by atoms with Gasteiger partial charge in [0.2, 0.25) is 0 Å². The summed E-state index contributed by atoms with van der Waals surface area (Å²) in [6.45, 7) is 1.13. The lowest BCUT2D eigenvalue weighted by atomic mass is 9.90. The lowest BCUT2D eigenvalue weighted by Crippen LogP contribution is -2.59. The van der Waals surface area contributed by atoms with Gasteiger partial charge in [0.25, 0.3) is 0 Å². The van der Waals surface area contributed by atoms with Crippen molar-refractivity contribution in [2.45, 2.75) is 54.9 Å². The van der Waals surface area contributed by atoms with Crippen LogP contribution in [0, 0.1) is 0 Å². The zero-order valence-electron chi connectivity index (χ0n) is 24.8. The fourth-order valence-electron chi connectivity index (χ4n) is 5.24. The Balaban J connectivity index is 1.87. The molecule has 3 rings (SSSR count). The van der Waals surface area contributed by atoms with E-state index in [1.54, 1.807) is 35.5 Å². The van der Waals surface area contributed by atoms with Gasteiger partial charge in [-0.25, -0.2) is 4.79 Å². The number of carbonyl (C=O) groups is 1. The highest BCUT2D eigenvalue weighted by atomic mass is 16.6. The highest BCUT2D eigenvalue weighted by Crippen LogP contribution is 2.36. The topological polar surface area (TPSA) is 121 Å². The Kier molecular flexibility index (Phi) is 14.4. The number of ether oxygens (including phenoxy) is 10. The van der Waals surface area contributed by atoms with Gasteiger partial charge in [0.15, 0.2) is 6.10 Å². The van der Waals surface area contributed by atoms with Crippen molar-refractivity contribution in [1.29, 1.82) is 0 Å². The summed E-state index contributed by atoms with van der Waals surface area (Å²) in [5.41, 5.74) is 0.913. The highest BCUT2D eigenvalue weighted by Gasteiger charge is 2.49. The maximum Gasteiger partial charge on any atom is 0.407 e. The zero-order chi connectivity index (χ0) is 29.6. The van der Waals surface area contributed by atoms with Gasteiger partial charge in [0.05, 0.1) is 26.4 Å². The molecule has 12 heteroatoms. The molecule has 1 fully saturated rings. The van der Waals surface area contributed by atoms with Gasteiger partial charge in [0, 0.05) is 49.2 Å². The molecule has 1 amide bonds. The van der Waals surface area contributed by atoms with Gasteiger partial charge in [-0.15, -0.1) is 0 Å². The van der Waals surface area contributed by atoms with Crippen LogP contribution in [-0.4, -0.2) is 131 Å². The molecule has 0 aromatic heterocycles. The van der Waals surface area contributed by atoms with E-state index in [0.717, 1.165) is 5.56 Å².